The molecule has 0 bridgehead atoms. The maximum absolute atomic E-state index is 12.8. The molecule has 2 N–H and O–H groups in total. The SMILES string of the molecule is Cc1ccc(Cl)cc1NC(=O)CN1C(=O)N[C@](C)(c2ccc(Cl)cc2)C1=O. The Balaban J connectivity index is 1.76. The van der Waals surface area contributed by atoms with Gasteiger partial charge < -0.3 is 10.6 Å². The highest BCUT2D eigenvalue weighted by atomic mass is 35.5. The number of hydrogen-bond acceptors (Lipinski definition) is 3. The van der Waals surface area contributed by atoms with E-state index >= 15 is 0 Å². The predicted molar refractivity (Wildman–Crippen MR) is 104 cm³/mol. The molecule has 1 aliphatic rings. The zero-order chi connectivity index (χ0) is 19.8. The lowest BCUT2D eigenvalue weighted by Crippen LogP contribution is -2.42. The highest BCUT2D eigenvalue weighted by molar-refractivity contribution is 6.31. The predicted octanol–water partition coefficient (Wildman–Crippen LogP) is 3.71. The summed E-state index contributed by atoms with van der Waals surface area (Å²) in [5.41, 5.74) is 0.670. The number of benzene rings is 2. The van der Waals surface area contributed by atoms with Crippen LogP contribution < -0.4 is 10.6 Å². The van der Waals surface area contributed by atoms with E-state index in [0.29, 0.717) is 21.3 Å². The van der Waals surface area contributed by atoms with Crippen molar-refractivity contribution in [3.05, 3.63) is 63.6 Å². The minimum Gasteiger partial charge on any atom is -0.324 e. The van der Waals surface area contributed by atoms with E-state index in [9.17, 15) is 14.4 Å². The van der Waals surface area contributed by atoms with Gasteiger partial charge in [-0.05, 0) is 49.2 Å². The quantitative estimate of drug-likeness (QED) is 0.760. The Morgan fingerprint density at radius 1 is 1.11 bits per heavy atom. The lowest BCUT2D eigenvalue weighted by Gasteiger charge is -2.22. The standard InChI is InChI=1S/C19H17Cl2N3O3/c1-11-3-6-14(21)9-15(11)22-16(25)10-24-17(26)19(2,23-18(24)27)12-4-7-13(20)8-5-12/h3-9H,10H2,1-2H3,(H,22,25)(H,23,27)/t19-/m1/s1. The normalized spacial score (nSPS) is 19.2. The van der Waals surface area contributed by atoms with Gasteiger partial charge in [0.15, 0.2) is 0 Å². The van der Waals surface area contributed by atoms with Gasteiger partial charge in [-0.3, -0.25) is 14.5 Å². The number of hydrogen-bond donors (Lipinski definition) is 2. The molecule has 0 aromatic heterocycles. The molecule has 27 heavy (non-hydrogen) atoms. The van der Waals surface area contributed by atoms with Crippen molar-refractivity contribution < 1.29 is 14.4 Å². The zero-order valence-corrected chi connectivity index (χ0v) is 16.2. The van der Waals surface area contributed by atoms with E-state index in [4.69, 9.17) is 23.2 Å². The second-order valence-electron chi connectivity index (χ2n) is 6.46. The van der Waals surface area contributed by atoms with Crippen molar-refractivity contribution in [3.63, 3.8) is 0 Å². The summed E-state index contributed by atoms with van der Waals surface area (Å²) in [5.74, 6) is -1.00. The molecule has 140 valence electrons. The minimum absolute atomic E-state index is 0.403. The average molecular weight is 406 g/mol. The molecule has 1 saturated heterocycles. The van der Waals surface area contributed by atoms with Crippen LogP contribution in [-0.2, 0) is 15.1 Å². The van der Waals surface area contributed by atoms with E-state index in [2.05, 4.69) is 10.6 Å². The smallest absolute Gasteiger partial charge is 0.324 e. The Labute approximate surface area is 166 Å². The minimum atomic E-state index is -1.26. The third kappa shape index (κ3) is 3.77. The summed E-state index contributed by atoms with van der Waals surface area (Å²) in [6, 6.07) is 11.1. The van der Waals surface area contributed by atoms with Crippen LogP contribution in [0.25, 0.3) is 0 Å². The summed E-state index contributed by atoms with van der Waals surface area (Å²) < 4.78 is 0. The molecule has 1 atom stereocenters. The van der Waals surface area contributed by atoms with Crippen molar-refractivity contribution in [1.82, 2.24) is 10.2 Å². The molecule has 6 nitrogen and oxygen atoms in total. The number of carbonyl (C=O) groups is 3. The molecular formula is C19H17Cl2N3O3. The summed E-state index contributed by atoms with van der Waals surface area (Å²) in [5, 5.41) is 6.32. The van der Waals surface area contributed by atoms with Crippen LogP contribution in [-0.4, -0.2) is 29.3 Å². The lowest BCUT2D eigenvalue weighted by atomic mass is 9.92. The van der Waals surface area contributed by atoms with Crippen LogP contribution in [0.4, 0.5) is 10.5 Å². The maximum Gasteiger partial charge on any atom is 0.325 e. The number of urea groups is 1. The second-order valence-corrected chi connectivity index (χ2v) is 7.33. The monoisotopic (exact) mass is 405 g/mol. The lowest BCUT2D eigenvalue weighted by molar-refractivity contribution is -0.133. The highest BCUT2D eigenvalue weighted by Crippen LogP contribution is 2.29. The maximum atomic E-state index is 12.8. The fraction of sp³-hybridized carbons (Fsp3) is 0.211. The average Bonchev–Trinajstić information content (AvgIpc) is 2.83. The van der Waals surface area contributed by atoms with Gasteiger partial charge in [0, 0.05) is 15.7 Å². The van der Waals surface area contributed by atoms with E-state index in [1.807, 2.05) is 6.92 Å². The molecular weight excluding hydrogens is 389 g/mol. The van der Waals surface area contributed by atoms with Gasteiger partial charge in [-0.15, -0.1) is 0 Å². The van der Waals surface area contributed by atoms with E-state index in [-0.39, 0.29) is 0 Å². The van der Waals surface area contributed by atoms with Gasteiger partial charge in [-0.2, -0.15) is 0 Å². The Hall–Kier alpha value is -2.57. The summed E-state index contributed by atoms with van der Waals surface area (Å²) >= 11 is 11.8. The fourth-order valence-electron chi connectivity index (χ4n) is 2.88. The van der Waals surface area contributed by atoms with Gasteiger partial charge >= 0.3 is 6.03 Å². The number of nitrogens with one attached hydrogen (secondary N) is 2. The molecule has 3 rings (SSSR count). The molecule has 8 heteroatoms. The Morgan fingerprint density at radius 2 is 1.74 bits per heavy atom. The van der Waals surface area contributed by atoms with Crippen LogP contribution in [0.5, 0.6) is 0 Å². The number of imide groups is 1. The van der Waals surface area contributed by atoms with Crippen molar-refractivity contribution >= 4 is 46.7 Å². The number of amides is 4. The molecule has 2 aromatic carbocycles. The zero-order valence-electron chi connectivity index (χ0n) is 14.7. The van der Waals surface area contributed by atoms with E-state index < -0.39 is 29.9 Å². The first kappa shape index (κ1) is 19.2. The van der Waals surface area contributed by atoms with Crippen LogP contribution in [0.3, 0.4) is 0 Å². The molecule has 0 saturated carbocycles. The molecule has 0 radical (unpaired) electrons. The summed E-state index contributed by atoms with van der Waals surface area (Å²) in [6.07, 6.45) is 0. The van der Waals surface area contributed by atoms with Crippen LogP contribution in [0.2, 0.25) is 10.0 Å². The third-order valence-corrected chi connectivity index (χ3v) is 4.96. The Kier molecular flexibility index (Phi) is 5.13. The molecule has 4 amide bonds. The van der Waals surface area contributed by atoms with E-state index in [1.54, 1.807) is 49.4 Å². The molecule has 1 fully saturated rings. The van der Waals surface area contributed by atoms with Crippen molar-refractivity contribution in [3.8, 4) is 0 Å². The summed E-state index contributed by atoms with van der Waals surface area (Å²) in [4.78, 5) is 38.4. The fourth-order valence-corrected chi connectivity index (χ4v) is 3.18. The number of aryl methyl sites for hydroxylation is 1. The molecule has 1 aliphatic heterocycles. The summed E-state index contributed by atoms with van der Waals surface area (Å²) in [6.45, 7) is 3.01. The molecule has 0 spiro atoms. The number of rotatable bonds is 4. The molecule has 0 unspecified atom stereocenters. The topological polar surface area (TPSA) is 78.5 Å². The van der Waals surface area contributed by atoms with Gasteiger partial charge in [0.1, 0.15) is 12.1 Å². The molecule has 0 aliphatic carbocycles. The van der Waals surface area contributed by atoms with Gasteiger partial charge in [-0.25, -0.2) is 4.79 Å². The largest absolute Gasteiger partial charge is 0.325 e. The van der Waals surface area contributed by atoms with Gasteiger partial charge in [-0.1, -0.05) is 41.4 Å². The van der Waals surface area contributed by atoms with Gasteiger partial charge in [0.25, 0.3) is 5.91 Å². The van der Waals surface area contributed by atoms with Crippen molar-refractivity contribution in [2.45, 2.75) is 19.4 Å². The Bertz CT molecular complexity index is 930. The second kappa shape index (κ2) is 7.21. The summed E-state index contributed by atoms with van der Waals surface area (Å²) in [7, 11) is 0. The van der Waals surface area contributed by atoms with Crippen LogP contribution in [0.1, 0.15) is 18.1 Å². The number of carbonyl (C=O) groups excluding carboxylic acids is 3. The van der Waals surface area contributed by atoms with Crippen LogP contribution >= 0.6 is 23.2 Å². The Morgan fingerprint density at radius 3 is 2.41 bits per heavy atom. The van der Waals surface area contributed by atoms with Crippen LogP contribution in [0, 0.1) is 6.92 Å². The molecule has 1 heterocycles. The van der Waals surface area contributed by atoms with Crippen molar-refractivity contribution in [2.75, 3.05) is 11.9 Å². The number of anilines is 1. The first-order chi connectivity index (χ1) is 12.7. The first-order valence-electron chi connectivity index (χ1n) is 8.17. The third-order valence-electron chi connectivity index (χ3n) is 4.47. The van der Waals surface area contributed by atoms with E-state index in [0.717, 1.165) is 10.5 Å². The molecule has 2 aromatic rings. The van der Waals surface area contributed by atoms with Gasteiger partial charge in [0.2, 0.25) is 5.91 Å². The first-order valence-corrected chi connectivity index (χ1v) is 8.92. The van der Waals surface area contributed by atoms with Gasteiger partial charge in [0.05, 0.1) is 0 Å². The van der Waals surface area contributed by atoms with Crippen molar-refractivity contribution in [1.29, 1.82) is 0 Å². The van der Waals surface area contributed by atoms with Crippen LogP contribution in [0.15, 0.2) is 42.5 Å². The van der Waals surface area contributed by atoms with Crippen molar-refractivity contribution in [2.24, 2.45) is 0 Å². The number of halogens is 2. The van der Waals surface area contributed by atoms with E-state index in [1.165, 1.54) is 0 Å². The number of nitrogens with zero attached hydrogens (tertiary/aromatic N) is 1. The highest BCUT2D eigenvalue weighted by Gasteiger charge is 2.49.